The molecule has 72 valence electrons. The van der Waals surface area contributed by atoms with Crippen LogP contribution in [0.2, 0.25) is 0 Å². The maximum absolute atomic E-state index is 13.3. The molecule has 2 unspecified atom stereocenters. The molecule has 0 saturated heterocycles. The molecule has 1 rings (SSSR count). The van der Waals surface area contributed by atoms with Crippen LogP contribution in [0.5, 0.6) is 0 Å². The van der Waals surface area contributed by atoms with Crippen LogP contribution >= 0.6 is 0 Å². The highest BCUT2D eigenvalue weighted by Crippen LogP contribution is 2.71. The first-order chi connectivity index (χ1) is 5.26. The first-order valence-electron chi connectivity index (χ1n) is 4.64. The molecular formula is C10H18F2. The Morgan fingerprint density at radius 1 is 1.08 bits per heavy atom. The third-order valence-corrected chi connectivity index (χ3v) is 3.54. The van der Waals surface area contributed by atoms with Crippen molar-refractivity contribution >= 4 is 0 Å². The van der Waals surface area contributed by atoms with Crippen LogP contribution in [-0.4, -0.2) is 5.92 Å². The molecule has 1 aliphatic carbocycles. The fourth-order valence-corrected chi connectivity index (χ4v) is 2.44. The van der Waals surface area contributed by atoms with Crippen LogP contribution in [-0.2, 0) is 0 Å². The molecule has 1 fully saturated rings. The summed E-state index contributed by atoms with van der Waals surface area (Å²) in [6.07, 6.45) is 0. The van der Waals surface area contributed by atoms with Crippen molar-refractivity contribution in [2.75, 3.05) is 0 Å². The van der Waals surface area contributed by atoms with E-state index in [0.717, 1.165) is 0 Å². The lowest BCUT2D eigenvalue weighted by molar-refractivity contribution is 0.0452. The SMILES string of the molecule is CC(C)C1C(F)(F)C1(C)C(C)C. The Kier molecular flexibility index (Phi) is 2.01. The summed E-state index contributed by atoms with van der Waals surface area (Å²) in [6.45, 7) is 9.24. The Balaban J connectivity index is 2.84. The van der Waals surface area contributed by atoms with E-state index in [0.29, 0.717) is 0 Å². The largest absolute Gasteiger partial charge is 0.257 e. The van der Waals surface area contributed by atoms with Gasteiger partial charge in [-0.25, -0.2) is 8.78 Å². The summed E-state index contributed by atoms with van der Waals surface area (Å²) in [6, 6.07) is 0. The molecule has 0 radical (unpaired) electrons. The first kappa shape index (κ1) is 9.94. The van der Waals surface area contributed by atoms with E-state index in [4.69, 9.17) is 0 Å². The molecule has 0 heterocycles. The highest BCUT2D eigenvalue weighted by molar-refractivity contribution is 5.17. The van der Waals surface area contributed by atoms with E-state index < -0.39 is 17.3 Å². The van der Waals surface area contributed by atoms with Crippen LogP contribution in [0.3, 0.4) is 0 Å². The molecule has 0 aromatic rings. The summed E-state index contributed by atoms with van der Waals surface area (Å²) in [4.78, 5) is 0. The predicted octanol–water partition coefficient (Wildman–Crippen LogP) is 3.57. The molecular weight excluding hydrogens is 158 g/mol. The summed E-state index contributed by atoms with van der Waals surface area (Å²) in [7, 11) is 0. The second-order valence-electron chi connectivity index (χ2n) is 4.78. The van der Waals surface area contributed by atoms with Gasteiger partial charge in [-0.1, -0.05) is 34.6 Å². The van der Waals surface area contributed by atoms with Crippen LogP contribution < -0.4 is 0 Å². The van der Waals surface area contributed by atoms with E-state index in [2.05, 4.69) is 0 Å². The van der Waals surface area contributed by atoms with Crippen molar-refractivity contribution in [3.8, 4) is 0 Å². The van der Waals surface area contributed by atoms with Gasteiger partial charge in [0.05, 0.1) is 0 Å². The third kappa shape index (κ3) is 0.929. The second-order valence-corrected chi connectivity index (χ2v) is 4.78. The van der Waals surface area contributed by atoms with Crippen molar-refractivity contribution in [1.29, 1.82) is 0 Å². The molecule has 0 aromatic carbocycles. The van der Waals surface area contributed by atoms with Gasteiger partial charge in [0.15, 0.2) is 0 Å². The number of alkyl halides is 2. The minimum Gasteiger partial charge on any atom is -0.206 e. The van der Waals surface area contributed by atoms with Crippen LogP contribution in [0.15, 0.2) is 0 Å². The lowest BCUT2D eigenvalue weighted by Crippen LogP contribution is -2.14. The maximum Gasteiger partial charge on any atom is 0.257 e. The van der Waals surface area contributed by atoms with Crippen molar-refractivity contribution in [1.82, 2.24) is 0 Å². The summed E-state index contributed by atoms with van der Waals surface area (Å²) in [5.74, 6) is -2.69. The molecule has 0 nitrogen and oxygen atoms in total. The first-order valence-corrected chi connectivity index (χ1v) is 4.64. The van der Waals surface area contributed by atoms with Crippen LogP contribution in [0.25, 0.3) is 0 Å². The number of hydrogen-bond donors (Lipinski definition) is 0. The molecule has 0 amide bonds. The number of hydrogen-bond acceptors (Lipinski definition) is 0. The minimum absolute atomic E-state index is 0.0694. The lowest BCUT2D eigenvalue weighted by Gasteiger charge is -2.15. The van der Waals surface area contributed by atoms with Gasteiger partial charge in [0.2, 0.25) is 0 Å². The second kappa shape index (κ2) is 2.43. The summed E-state index contributed by atoms with van der Waals surface area (Å²) >= 11 is 0. The Morgan fingerprint density at radius 2 is 1.50 bits per heavy atom. The average Bonchev–Trinajstić information content (AvgIpc) is 2.28. The fraction of sp³-hybridized carbons (Fsp3) is 1.00. The van der Waals surface area contributed by atoms with Crippen molar-refractivity contribution < 1.29 is 8.78 Å². The van der Waals surface area contributed by atoms with Crippen molar-refractivity contribution in [2.45, 2.75) is 40.5 Å². The molecule has 1 aliphatic rings. The van der Waals surface area contributed by atoms with Gasteiger partial charge in [-0.15, -0.1) is 0 Å². The zero-order valence-electron chi connectivity index (χ0n) is 8.49. The summed E-state index contributed by atoms with van der Waals surface area (Å²) in [5.41, 5.74) is -0.749. The molecule has 1 saturated carbocycles. The van der Waals surface area contributed by atoms with Crippen LogP contribution in [0.1, 0.15) is 34.6 Å². The van der Waals surface area contributed by atoms with E-state index in [9.17, 15) is 8.78 Å². The Hall–Kier alpha value is -0.140. The number of halogens is 2. The van der Waals surface area contributed by atoms with Gasteiger partial charge in [-0.3, -0.25) is 0 Å². The monoisotopic (exact) mass is 176 g/mol. The number of rotatable bonds is 2. The summed E-state index contributed by atoms with van der Waals surface area (Å²) in [5, 5.41) is 0. The van der Waals surface area contributed by atoms with Crippen molar-refractivity contribution in [3.63, 3.8) is 0 Å². The smallest absolute Gasteiger partial charge is 0.206 e. The van der Waals surface area contributed by atoms with Gasteiger partial charge in [0.1, 0.15) is 0 Å². The Labute approximate surface area is 73.3 Å². The zero-order chi connectivity index (χ0) is 9.73. The zero-order valence-corrected chi connectivity index (χ0v) is 8.49. The van der Waals surface area contributed by atoms with E-state index in [1.807, 2.05) is 27.7 Å². The van der Waals surface area contributed by atoms with Crippen LogP contribution in [0.4, 0.5) is 8.78 Å². The molecule has 12 heavy (non-hydrogen) atoms. The Morgan fingerprint density at radius 3 is 1.58 bits per heavy atom. The molecule has 2 heteroatoms. The highest BCUT2D eigenvalue weighted by atomic mass is 19.3. The molecule has 0 spiro atoms. The normalized spacial score (nSPS) is 39.2. The van der Waals surface area contributed by atoms with E-state index in [-0.39, 0.29) is 11.8 Å². The topological polar surface area (TPSA) is 0 Å². The van der Waals surface area contributed by atoms with Gasteiger partial charge < -0.3 is 0 Å². The van der Waals surface area contributed by atoms with E-state index in [1.165, 1.54) is 0 Å². The molecule has 0 bridgehead atoms. The fourth-order valence-electron chi connectivity index (χ4n) is 2.44. The van der Waals surface area contributed by atoms with Gasteiger partial charge in [-0.2, -0.15) is 0 Å². The summed E-state index contributed by atoms with van der Waals surface area (Å²) < 4.78 is 26.7. The minimum atomic E-state index is -2.44. The average molecular weight is 176 g/mol. The molecule has 0 aromatic heterocycles. The Bertz CT molecular complexity index is 184. The van der Waals surface area contributed by atoms with E-state index in [1.54, 1.807) is 6.92 Å². The maximum atomic E-state index is 13.3. The standard InChI is InChI=1S/C10H18F2/c1-6(2)8-9(5,7(3)4)10(8,11)12/h6-8H,1-5H3. The van der Waals surface area contributed by atoms with Gasteiger partial charge >= 0.3 is 0 Å². The van der Waals surface area contributed by atoms with Gasteiger partial charge in [0, 0.05) is 11.3 Å². The van der Waals surface area contributed by atoms with Gasteiger partial charge in [0.25, 0.3) is 5.92 Å². The van der Waals surface area contributed by atoms with Gasteiger partial charge in [-0.05, 0) is 11.8 Å². The van der Waals surface area contributed by atoms with Crippen molar-refractivity contribution in [3.05, 3.63) is 0 Å². The quantitative estimate of drug-likeness (QED) is 0.603. The molecule has 0 aliphatic heterocycles. The highest BCUT2D eigenvalue weighted by Gasteiger charge is 2.78. The van der Waals surface area contributed by atoms with Crippen LogP contribution in [0, 0.1) is 23.2 Å². The lowest BCUT2D eigenvalue weighted by atomic mass is 9.88. The molecule has 2 atom stereocenters. The third-order valence-electron chi connectivity index (χ3n) is 3.54. The predicted molar refractivity (Wildman–Crippen MR) is 46.2 cm³/mol. The van der Waals surface area contributed by atoms with Crippen molar-refractivity contribution in [2.24, 2.45) is 23.2 Å². The molecule has 0 N–H and O–H groups in total. The van der Waals surface area contributed by atoms with E-state index >= 15 is 0 Å².